The first-order valence-corrected chi connectivity index (χ1v) is 5.77. The van der Waals surface area contributed by atoms with Gasteiger partial charge in [0.25, 0.3) is 5.91 Å². The smallest absolute Gasteiger partial charge is 0.291 e. The molecule has 0 aliphatic heterocycles. The molecule has 0 bridgehead atoms. The fraction of sp³-hybridized carbons (Fsp3) is 0.0833. The zero-order valence-electron chi connectivity index (χ0n) is 9.16. The Bertz CT molecular complexity index is 527. The van der Waals surface area contributed by atoms with E-state index in [9.17, 15) is 4.79 Å². The molecular weight excluding hydrogens is 284 g/mol. The highest BCUT2D eigenvalue weighted by atomic mass is 79.9. The molecule has 0 unspecified atom stereocenters. The van der Waals surface area contributed by atoms with Gasteiger partial charge in [-0.05, 0) is 36.8 Å². The van der Waals surface area contributed by atoms with Crippen LogP contribution < -0.4 is 11.1 Å². The third-order valence-electron chi connectivity index (χ3n) is 2.31. The Hall–Kier alpha value is -1.75. The minimum absolute atomic E-state index is 0.256. The summed E-state index contributed by atoms with van der Waals surface area (Å²) in [5, 5.41) is 2.73. The van der Waals surface area contributed by atoms with Crippen LogP contribution in [0.4, 0.5) is 11.4 Å². The Labute approximate surface area is 107 Å². The summed E-state index contributed by atoms with van der Waals surface area (Å²) in [4.78, 5) is 11.8. The van der Waals surface area contributed by atoms with E-state index >= 15 is 0 Å². The molecule has 0 radical (unpaired) electrons. The van der Waals surface area contributed by atoms with Crippen molar-refractivity contribution >= 4 is 33.2 Å². The summed E-state index contributed by atoms with van der Waals surface area (Å²) in [6, 6.07) is 6.88. The topological polar surface area (TPSA) is 68.3 Å². The van der Waals surface area contributed by atoms with Gasteiger partial charge in [0.05, 0.1) is 17.6 Å². The van der Waals surface area contributed by atoms with E-state index in [0.717, 1.165) is 10.0 Å². The molecular formula is C12H11BrN2O2. The number of hydrogen-bond acceptors (Lipinski definition) is 3. The van der Waals surface area contributed by atoms with Crippen LogP contribution >= 0.6 is 15.9 Å². The SMILES string of the molecule is Cc1cc(Br)cc(N)c1NC(=O)c1ccco1. The van der Waals surface area contributed by atoms with Crippen LogP contribution in [0.1, 0.15) is 16.1 Å². The third-order valence-corrected chi connectivity index (χ3v) is 2.77. The lowest BCUT2D eigenvalue weighted by molar-refractivity contribution is 0.0996. The fourth-order valence-electron chi connectivity index (χ4n) is 1.52. The van der Waals surface area contributed by atoms with Gasteiger partial charge in [0.2, 0.25) is 0 Å². The highest BCUT2D eigenvalue weighted by Crippen LogP contribution is 2.28. The van der Waals surface area contributed by atoms with Gasteiger partial charge in [-0.2, -0.15) is 0 Å². The molecule has 0 saturated heterocycles. The molecule has 4 nitrogen and oxygen atoms in total. The second kappa shape index (κ2) is 4.63. The summed E-state index contributed by atoms with van der Waals surface area (Å²) in [6.07, 6.45) is 1.45. The zero-order valence-corrected chi connectivity index (χ0v) is 10.7. The number of carbonyl (C=O) groups excluding carboxylic acids is 1. The van der Waals surface area contributed by atoms with Gasteiger partial charge in [0.1, 0.15) is 0 Å². The van der Waals surface area contributed by atoms with Crippen molar-refractivity contribution in [2.75, 3.05) is 11.1 Å². The van der Waals surface area contributed by atoms with Crippen molar-refractivity contribution in [2.24, 2.45) is 0 Å². The average Bonchev–Trinajstić information content (AvgIpc) is 2.76. The van der Waals surface area contributed by atoms with Crippen LogP contribution in [-0.4, -0.2) is 5.91 Å². The van der Waals surface area contributed by atoms with E-state index in [1.165, 1.54) is 6.26 Å². The van der Waals surface area contributed by atoms with Crippen LogP contribution in [0.5, 0.6) is 0 Å². The number of amides is 1. The van der Waals surface area contributed by atoms with Crippen molar-refractivity contribution in [2.45, 2.75) is 6.92 Å². The van der Waals surface area contributed by atoms with Gasteiger partial charge in [0, 0.05) is 4.47 Å². The standard InChI is InChI=1S/C12H11BrN2O2/c1-7-5-8(13)6-9(14)11(7)15-12(16)10-3-2-4-17-10/h2-6H,14H2,1H3,(H,15,16). The number of anilines is 2. The summed E-state index contributed by atoms with van der Waals surface area (Å²) >= 11 is 3.34. The number of carbonyl (C=O) groups is 1. The average molecular weight is 295 g/mol. The largest absolute Gasteiger partial charge is 0.459 e. The van der Waals surface area contributed by atoms with Gasteiger partial charge in [-0.25, -0.2) is 0 Å². The summed E-state index contributed by atoms with van der Waals surface area (Å²) in [5.41, 5.74) is 7.85. The van der Waals surface area contributed by atoms with Crippen molar-refractivity contribution < 1.29 is 9.21 Å². The van der Waals surface area contributed by atoms with Gasteiger partial charge in [0.15, 0.2) is 5.76 Å². The van der Waals surface area contributed by atoms with E-state index < -0.39 is 0 Å². The van der Waals surface area contributed by atoms with E-state index in [1.54, 1.807) is 18.2 Å². The molecule has 0 spiro atoms. The lowest BCUT2D eigenvalue weighted by Crippen LogP contribution is -2.13. The first kappa shape index (κ1) is 11.7. The number of nitrogens with two attached hydrogens (primary N) is 1. The molecule has 3 N–H and O–H groups in total. The molecule has 0 aliphatic rings. The van der Waals surface area contributed by atoms with Gasteiger partial charge in [-0.15, -0.1) is 0 Å². The van der Waals surface area contributed by atoms with Gasteiger partial charge < -0.3 is 15.5 Å². The van der Waals surface area contributed by atoms with E-state index in [-0.39, 0.29) is 11.7 Å². The van der Waals surface area contributed by atoms with Crippen molar-refractivity contribution in [3.8, 4) is 0 Å². The van der Waals surface area contributed by atoms with Gasteiger partial charge in [-0.1, -0.05) is 15.9 Å². The molecule has 0 atom stereocenters. The van der Waals surface area contributed by atoms with Crippen molar-refractivity contribution in [1.29, 1.82) is 0 Å². The Morgan fingerprint density at radius 1 is 1.47 bits per heavy atom. The predicted octanol–water partition coefficient (Wildman–Crippen LogP) is 3.19. The Balaban J connectivity index is 2.28. The molecule has 88 valence electrons. The fourth-order valence-corrected chi connectivity index (χ4v) is 2.11. The maximum Gasteiger partial charge on any atom is 0.291 e. The van der Waals surface area contributed by atoms with Crippen molar-refractivity contribution in [3.63, 3.8) is 0 Å². The number of hydrogen-bond donors (Lipinski definition) is 2. The van der Waals surface area contributed by atoms with E-state index in [2.05, 4.69) is 21.2 Å². The van der Waals surface area contributed by atoms with Crippen molar-refractivity contribution in [1.82, 2.24) is 0 Å². The highest BCUT2D eigenvalue weighted by Gasteiger charge is 2.12. The number of aryl methyl sites for hydroxylation is 1. The first-order valence-electron chi connectivity index (χ1n) is 4.98. The maximum atomic E-state index is 11.8. The molecule has 2 rings (SSSR count). The molecule has 2 aromatic rings. The molecule has 1 aromatic carbocycles. The minimum Gasteiger partial charge on any atom is -0.459 e. The second-order valence-corrected chi connectivity index (χ2v) is 4.53. The third kappa shape index (κ3) is 2.50. The van der Waals surface area contributed by atoms with Crippen LogP contribution in [0.25, 0.3) is 0 Å². The number of benzene rings is 1. The Morgan fingerprint density at radius 3 is 2.82 bits per heavy atom. The monoisotopic (exact) mass is 294 g/mol. The predicted molar refractivity (Wildman–Crippen MR) is 70.0 cm³/mol. The summed E-state index contributed by atoms with van der Waals surface area (Å²) in [5.74, 6) is -0.0566. The summed E-state index contributed by atoms with van der Waals surface area (Å²) in [6.45, 7) is 1.87. The molecule has 1 amide bonds. The van der Waals surface area contributed by atoms with Gasteiger partial charge in [-0.3, -0.25) is 4.79 Å². The van der Waals surface area contributed by atoms with Crippen LogP contribution in [-0.2, 0) is 0 Å². The molecule has 1 aromatic heterocycles. The highest BCUT2D eigenvalue weighted by molar-refractivity contribution is 9.10. The molecule has 0 fully saturated rings. The quantitative estimate of drug-likeness (QED) is 0.836. The van der Waals surface area contributed by atoms with Crippen LogP contribution in [0.15, 0.2) is 39.4 Å². The summed E-state index contributed by atoms with van der Waals surface area (Å²) < 4.78 is 5.89. The molecule has 0 aliphatic carbocycles. The van der Waals surface area contributed by atoms with Crippen LogP contribution in [0.2, 0.25) is 0 Å². The van der Waals surface area contributed by atoms with E-state index in [0.29, 0.717) is 11.4 Å². The van der Waals surface area contributed by atoms with E-state index in [1.807, 2.05) is 13.0 Å². The molecule has 5 heteroatoms. The number of nitrogen functional groups attached to an aromatic ring is 1. The van der Waals surface area contributed by atoms with E-state index in [4.69, 9.17) is 10.2 Å². The van der Waals surface area contributed by atoms with Crippen LogP contribution in [0, 0.1) is 6.92 Å². The Kier molecular flexibility index (Phi) is 3.19. The second-order valence-electron chi connectivity index (χ2n) is 3.62. The molecule has 0 saturated carbocycles. The first-order chi connectivity index (χ1) is 8.08. The minimum atomic E-state index is -0.313. The number of rotatable bonds is 2. The maximum absolute atomic E-state index is 11.8. The van der Waals surface area contributed by atoms with Gasteiger partial charge >= 0.3 is 0 Å². The molecule has 1 heterocycles. The number of halogens is 1. The van der Waals surface area contributed by atoms with Crippen LogP contribution in [0.3, 0.4) is 0 Å². The lowest BCUT2D eigenvalue weighted by Gasteiger charge is -2.10. The zero-order chi connectivity index (χ0) is 12.4. The molecule has 17 heavy (non-hydrogen) atoms. The number of nitrogens with one attached hydrogen (secondary N) is 1. The normalized spacial score (nSPS) is 10.2. The Morgan fingerprint density at radius 2 is 2.24 bits per heavy atom. The number of furan rings is 1. The lowest BCUT2D eigenvalue weighted by atomic mass is 10.1. The summed E-state index contributed by atoms with van der Waals surface area (Å²) in [7, 11) is 0. The van der Waals surface area contributed by atoms with Crippen molar-refractivity contribution in [3.05, 3.63) is 46.3 Å².